The van der Waals surface area contributed by atoms with Gasteiger partial charge in [-0.2, -0.15) is 0 Å². The van der Waals surface area contributed by atoms with E-state index in [0.717, 1.165) is 75.6 Å². The third-order valence-electron chi connectivity index (χ3n) is 11.1. The van der Waals surface area contributed by atoms with E-state index in [9.17, 15) is 22.8 Å². The van der Waals surface area contributed by atoms with Crippen molar-refractivity contribution in [3.05, 3.63) is 56.6 Å². The lowest BCUT2D eigenvalue weighted by Crippen LogP contribution is -2.58. The lowest BCUT2D eigenvalue weighted by molar-refractivity contribution is 0.0131. The average Bonchev–Trinajstić information content (AvgIpc) is 3.89. The Morgan fingerprint density at radius 2 is 1.09 bits per heavy atom. The highest BCUT2D eigenvalue weighted by molar-refractivity contribution is 7.84. The molecule has 2 fully saturated rings. The number of anilines is 1. The van der Waals surface area contributed by atoms with E-state index < -0.39 is 45.3 Å². The van der Waals surface area contributed by atoms with E-state index in [0.29, 0.717) is 26.2 Å². The monoisotopic (exact) mass is 838 g/mol. The highest BCUT2D eigenvalue weighted by Gasteiger charge is 2.39. The number of nitrogens with zero attached hydrogens (tertiary/aromatic N) is 3. The molecule has 0 bridgehead atoms. The quantitative estimate of drug-likeness (QED) is 0.311. The number of amides is 4. The summed E-state index contributed by atoms with van der Waals surface area (Å²) < 4.78 is 41.5. The van der Waals surface area contributed by atoms with Gasteiger partial charge in [-0.25, -0.2) is 22.8 Å². The molecule has 4 N–H and O–H groups in total. The first-order chi connectivity index (χ1) is 27.4. The first kappa shape index (κ1) is 43.4. The molecule has 2 aliphatic heterocycles. The van der Waals surface area contributed by atoms with Crippen molar-refractivity contribution in [2.75, 3.05) is 31.5 Å². The van der Waals surface area contributed by atoms with E-state index in [1.165, 1.54) is 67.1 Å². The van der Waals surface area contributed by atoms with Crippen LogP contribution in [0.2, 0.25) is 0 Å². The molecule has 2 aromatic rings. The number of carbonyl (C=O) groups is 3. The van der Waals surface area contributed by atoms with Crippen LogP contribution in [0.3, 0.4) is 0 Å². The SMILES string of the molecule is CC(C)(C)OC(=O)N1CC(S(=O)NC(=O)Nc2c3c(cc4c2CCC4)CCC3)C1.CC(C)(C)OC(=O)N1CC(S(N)=O)C1.N#COc1c2c(cc3c1CCC3)CCC2. The number of nitrogens with two attached hydrogens (primary N) is 1. The molecule has 0 radical (unpaired) electrons. The second-order valence-electron chi connectivity index (χ2n) is 17.8. The molecule has 6 aliphatic rings. The largest absolute Gasteiger partial charge is 0.444 e. The summed E-state index contributed by atoms with van der Waals surface area (Å²) in [6, 6.07) is 4.22. The van der Waals surface area contributed by atoms with Gasteiger partial charge in [0.2, 0.25) is 0 Å². The molecule has 58 heavy (non-hydrogen) atoms. The van der Waals surface area contributed by atoms with Crippen LogP contribution >= 0.6 is 0 Å². The van der Waals surface area contributed by atoms with E-state index in [4.69, 9.17) is 24.6 Å². The van der Waals surface area contributed by atoms with E-state index >= 15 is 0 Å². The topological polar surface area (TPSA) is 193 Å². The van der Waals surface area contributed by atoms with Gasteiger partial charge >= 0.3 is 18.2 Å². The van der Waals surface area contributed by atoms with Gasteiger partial charge in [0.15, 0.2) is 0 Å². The molecule has 14 nitrogen and oxygen atoms in total. The number of nitrogens with one attached hydrogen (secondary N) is 2. The molecule has 16 heteroatoms. The molecule has 2 unspecified atom stereocenters. The van der Waals surface area contributed by atoms with Gasteiger partial charge in [-0.05, 0) is 163 Å². The van der Waals surface area contributed by atoms with E-state index in [1.54, 1.807) is 0 Å². The maximum absolute atomic E-state index is 12.5. The summed E-state index contributed by atoms with van der Waals surface area (Å²) in [5, 5.41) is 16.5. The highest BCUT2D eigenvalue weighted by atomic mass is 32.2. The molecule has 2 heterocycles. The van der Waals surface area contributed by atoms with Crippen molar-refractivity contribution in [1.29, 1.82) is 5.26 Å². The number of benzene rings is 2. The second-order valence-corrected chi connectivity index (χ2v) is 20.6. The fourth-order valence-corrected chi connectivity index (χ4v) is 10.0. The fraction of sp³-hybridized carbons (Fsp3) is 0.619. The van der Waals surface area contributed by atoms with Gasteiger partial charge < -0.3 is 29.3 Å². The van der Waals surface area contributed by atoms with Crippen LogP contribution in [0.15, 0.2) is 12.1 Å². The summed E-state index contributed by atoms with van der Waals surface area (Å²) >= 11 is 0. The van der Waals surface area contributed by atoms with Crippen molar-refractivity contribution >= 4 is 45.9 Å². The molecule has 2 saturated heterocycles. The zero-order valence-corrected chi connectivity index (χ0v) is 36.3. The van der Waals surface area contributed by atoms with Crippen molar-refractivity contribution in [3.63, 3.8) is 0 Å². The number of fused-ring (bicyclic) bond motifs is 4. The summed E-state index contributed by atoms with van der Waals surface area (Å²) in [6.07, 6.45) is 14.3. The number of carbonyl (C=O) groups excluding carboxylic acids is 3. The molecular formula is C42H58N6O8S2. The van der Waals surface area contributed by atoms with Crippen LogP contribution in [-0.4, -0.2) is 84.3 Å². The average molecular weight is 839 g/mol. The van der Waals surface area contributed by atoms with Gasteiger partial charge in [0.25, 0.3) is 6.26 Å². The first-order valence-corrected chi connectivity index (χ1v) is 22.9. The number of ether oxygens (including phenoxy) is 3. The standard InChI is InChI=1S/C21H29N3O4S.C13H13NO.C8H16N2O3S/c1-21(2,3)28-20(26)24-11-15(12-24)29(27)23-19(25)22-18-16-8-4-6-13(16)10-14-7-5-9-17(14)18;14-8-15-13-11-5-1-3-9(11)7-10-4-2-6-12(10)13;1-8(2,3)13-7(11)10-4-6(5-10)14(9)12/h10,15H,4-9,11-12H2,1-3H3,(H2,22,23,25);7H,1-6H2;6H,4-5,9H2,1-3H3. The molecule has 0 aromatic heterocycles. The number of hydrogen-bond donors (Lipinski definition) is 3. The molecular weight excluding hydrogens is 781 g/mol. The van der Waals surface area contributed by atoms with Gasteiger partial charge in [0.05, 0.1) is 21.5 Å². The Labute approximate surface area is 347 Å². The van der Waals surface area contributed by atoms with Gasteiger partial charge in [-0.3, -0.25) is 9.86 Å². The minimum Gasteiger partial charge on any atom is -0.444 e. The highest BCUT2D eigenvalue weighted by Crippen LogP contribution is 2.40. The first-order valence-electron chi connectivity index (χ1n) is 20.4. The Morgan fingerprint density at radius 1 is 0.690 bits per heavy atom. The zero-order chi connectivity index (χ0) is 41.9. The molecule has 2 atom stereocenters. The molecule has 4 amide bonds. The van der Waals surface area contributed by atoms with Crippen LogP contribution in [0.5, 0.6) is 5.75 Å². The van der Waals surface area contributed by atoms with Crippen molar-refractivity contribution < 1.29 is 37.0 Å². The van der Waals surface area contributed by atoms with Crippen molar-refractivity contribution in [3.8, 4) is 12.0 Å². The van der Waals surface area contributed by atoms with E-state index in [2.05, 4.69) is 22.2 Å². The van der Waals surface area contributed by atoms with Crippen LogP contribution in [-0.2, 0) is 82.8 Å². The lowest BCUT2D eigenvalue weighted by Gasteiger charge is -2.38. The van der Waals surface area contributed by atoms with Crippen LogP contribution in [0.25, 0.3) is 0 Å². The predicted molar refractivity (Wildman–Crippen MR) is 223 cm³/mol. The maximum atomic E-state index is 12.5. The van der Waals surface area contributed by atoms with Gasteiger partial charge in [-0.1, -0.05) is 12.1 Å². The third-order valence-corrected chi connectivity index (χ3v) is 13.3. The summed E-state index contributed by atoms with van der Waals surface area (Å²) in [6.45, 7) is 12.3. The number of urea groups is 1. The van der Waals surface area contributed by atoms with Crippen molar-refractivity contribution in [1.82, 2.24) is 14.5 Å². The fourth-order valence-electron chi connectivity index (χ4n) is 8.32. The van der Waals surface area contributed by atoms with Crippen molar-refractivity contribution in [2.24, 2.45) is 5.14 Å². The number of hydrogen-bond acceptors (Lipinski definition) is 9. The Kier molecular flexibility index (Phi) is 13.4. The van der Waals surface area contributed by atoms with Crippen LogP contribution in [0.4, 0.5) is 20.1 Å². The number of aryl methyl sites for hydroxylation is 4. The van der Waals surface area contributed by atoms with Crippen LogP contribution in [0, 0.1) is 11.5 Å². The Bertz CT molecular complexity index is 1940. The second kappa shape index (κ2) is 18.0. The third kappa shape index (κ3) is 10.5. The molecule has 316 valence electrons. The van der Waals surface area contributed by atoms with E-state index in [-0.39, 0.29) is 16.6 Å². The lowest BCUT2D eigenvalue weighted by atomic mass is 9.99. The molecule has 0 spiro atoms. The molecule has 2 aromatic carbocycles. The molecule has 8 rings (SSSR count). The summed E-state index contributed by atoms with van der Waals surface area (Å²) in [7, 11) is -2.88. The summed E-state index contributed by atoms with van der Waals surface area (Å²) in [5.74, 6) is 0.903. The zero-order valence-electron chi connectivity index (χ0n) is 34.6. The maximum Gasteiger partial charge on any atom is 0.410 e. The summed E-state index contributed by atoms with van der Waals surface area (Å²) in [4.78, 5) is 38.9. The smallest absolute Gasteiger partial charge is 0.410 e. The van der Waals surface area contributed by atoms with Gasteiger partial charge in [0.1, 0.15) is 27.9 Å². The number of nitriles is 1. The normalized spacial score (nSPS) is 18.9. The Morgan fingerprint density at radius 3 is 1.48 bits per heavy atom. The minimum atomic E-state index is -1.55. The van der Waals surface area contributed by atoms with Gasteiger partial charge in [-0.15, -0.1) is 5.26 Å². The van der Waals surface area contributed by atoms with E-state index in [1.807, 2.05) is 47.8 Å². The predicted octanol–water partition coefficient (Wildman–Crippen LogP) is 5.82. The molecule has 4 aliphatic carbocycles. The van der Waals surface area contributed by atoms with Crippen molar-refractivity contribution in [2.45, 2.75) is 140 Å². The van der Waals surface area contributed by atoms with Crippen LogP contribution in [0.1, 0.15) is 112 Å². The van der Waals surface area contributed by atoms with Gasteiger partial charge in [0, 0.05) is 31.9 Å². The minimum absolute atomic E-state index is 0.0949. The molecule has 0 saturated carbocycles. The van der Waals surface area contributed by atoms with Crippen LogP contribution < -0.4 is 19.9 Å². The number of rotatable bonds is 5. The number of likely N-dealkylation sites (tertiary alicyclic amines) is 2. The Hall–Kier alpha value is -4.20. The summed E-state index contributed by atoms with van der Waals surface area (Å²) in [5.41, 5.74) is 10.5. The Balaban J connectivity index is 0.000000164.